The fraction of sp³-hybridized carbons (Fsp3) is 0.240. The van der Waals surface area contributed by atoms with Crippen molar-refractivity contribution in [1.29, 1.82) is 0 Å². The highest BCUT2D eigenvalue weighted by molar-refractivity contribution is 5.97. The van der Waals surface area contributed by atoms with Crippen LogP contribution in [-0.2, 0) is 4.79 Å². The molecule has 7 heteroatoms. The maximum Gasteiger partial charge on any atom is 0.349 e. The lowest BCUT2D eigenvalue weighted by atomic mass is 10.1. The highest BCUT2D eigenvalue weighted by Gasteiger charge is 2.15. The van der Waals surface area contributed by atoms with E-state index >= 15 is 0 Å². The summed E-state index contributed by atoms with van der Waals surface area (Å²) in [6, 6.07) is 13.3. The summed E-state index contributed by atoms with van der Waals surface area (Å²) in [7, 11) is 0. The quantitative estimate of drug-likeness (QED) is 0.245. The molecule has 0 bridgehead atoms. The van der Waals surface area contributed by atoms with E-state index in [9.17, 15) is 14.4 Å². The van der Waals surface area contributed by atoms with E-state index < -0.39 is 17.5 Å². The van der Waals surface area contributed by atoms with Gasteiger partial charge in [0.2, 0.25) is 0 Å². The van der Waals surface area contributed by atoms with E-state index in [0.717, 1.165) is 17.7 Å². The Morgan fingerprint density at radius 3 is 2.47 bits per heavy atom. The minimum atomic E-state index is -0.759. The van der Waals surface area contributed by atoms with Gasteiger partial charge in [-0.25, -0.2) is 9.59 Å². The lowest BCUT2D eigenvalue weighted by Gasteiger charge is -2.08. The van der Waals surface area contributed by atoms with Gasteiger partial charge >= 0.3 is 11.6 Å². The van der Waals surface area contributed by atoms with Crippen LogP contribution in [0, 0.1) is 0 Å². The van der Waals surface area contributed by atoms with Gasteiger partial charge in [-0.2, -0.15) is 0 Å². The average Bonchev–Trinajstić information content (AvgIpc) is 2.76. The van der Waals surface area contributed by atoms with E-state index in [2.05, 4.69) is 5.32 Å². The predicted octanol–water partition coefficient (Wildman–Crippen LogP) is 4.34. The van der Waals surface area contributed by atoms with Crippen molar-refractivity contribution in [2.75, 3.05) is 6.61 Å². The van der Waals surface area contributed by atoms with Crippen molar-refractivity contribution in [3.05, 3.63) is 76.2 Å². The van der Waals surface area contributed by atoms with E-state index in [4.69, 9.17) is 13.9 Å². The first-order valence-electron chi connectivity index (χ1n) is 10.4. The molecule has 0 aliphatic rings. The van der Waals surface area contributed by atoms with Crippen LogP contribution >= 0.6 is 0 Å². The van der Waals surface area contributed by atoms with Crippen molar-refractivity contribution in [1.82, 2.24) is 5.32 Å². The van der Waals surface area contributed by atoms with Crippen molar-refractivity contribution in [2.24, 2.45) is 0 Å². The van der Waals surface area contributed by atoms with Gasteiger partial charge < -0.3 is 19.2 Å². The van der Waals surface area contributed by atoms with Crippen LogP contribution in [0.3, 0.4) is 0 Å². The van der Waals surface area contributed by atoms with Crippen LogP contribution in [0.2, 0.25) is 0 Å². The number of ether oxygens (including phenoxy) is 2. The highest BCUT2D eigenvalue weighted by Crippen LogP contribution is 2.21. The molecular formula is C25H25NO6. The molecule has 1 amide bonds. The molecule has 1 heterocycles. The summed E-state index contributed by atoms with van der Waals surface area (Å²) >= 11 is 0. The molecule has 2 aromatic carbocycles. The number of hydrogen-bond acceptors (Lipinski definition) is 6. The monoisotopic (exact) mass is 435 g/mol. The van der Waals surface area contributed by atoms with Gasteiger partial charge in [0.1, 0.15) is 22.6 Å². The standard InChI is InChI=1S/C25H25NO6/c1-4-13-30-19-9-5-17(6-10-19)7-12-23(27)31-20-11-8-18-14-21(24(28)26-16(2)3)25(29)32-22(18)15-20/h5-12,14-16H,4,13H2,1-3H3,(H,26,28)/b12-7+. The van der Waals surface area contributed by atoms with Gasteiger partial charge in [0.15, 0.2) is 0 Å². The van der Waals surface area contributed by atoms with Crippen LogP contribution in [0.1, 0.15) is 43.1 Å². The van der Waals surface area contributed by atoms with Gasteiger partial charge in [0.05, 0.1) is 6.61 Å². The normalized spacial score (nSPS) is 11.1. The number of hydrogen-bond donors (Lipinski definition) is 1. The summed E-state index contributed by atoms with van der Waals surface area (Å²) < 4.78 is 16.1. The third-order valence-electron chi connectivity index (χ3n) is 4.36. The van der Waals surface area contributed by atoms with Crippen molar-refractivity contribution < 1.29 is 23.5 Å². The molecule has 0 aliphatic carbocycles. The largest absolute Gasteiger partial charge is 0.494 e. The van der Waals surface area contributed by atoms with Crippen LogP contribution in [0.15, 0.2) is 63.8 Å². The van der Waals surface area contributed by atoms with Crippen molar-refractivity contribution in [2.45, 2.75) is 33.2 Å². The van der Waals surface area contributed by atoms with Gasteiger partial charge in [-0.15, -0.1) is 0 Å². The van der Waals surface area contributed by atoms with Crippen LogP contribution in [-0.4, -0.2) is 24.5 Å². The minimum Gasteiger partial charge on any atom is -0.494 e. The van der Waals surface area contributed by atoms with Crippen LogP contribution in [0.25, 0.3) is 17.0 Å². The summed E-state index contributed by atoms with van der Waals surface area (Å²) in [4.78, 5) is 36.5. The van der Waals surface area contributed by atoms with Crippen LogP contribution in [0.4, 0.5) is 0 Å². The zero-order chi connectivity index (χ0) is 23.1. The summed E-state index contributed by atoms with van der Waals surface area (Å²) in [5.74, 6) is -0.0840. The molecule has 0 saturated carbocycles. The Hall–Kier alpha value is -3.87. The SMILES string of the molecule is CCCOc1ccc(/C=C/C(=O)Oc2ccc3cc(C(=O)NC(C)C)c(=O)oc3c2)cc1. The Bertz CT molecular complexity index is 1190. The number of rotatable bonds is 8. The maximum atomic E-state index is 12.2. The van der Waals surface area contributed by atoms with E-state index in [1.165, 1.54) is 18.2 Å². The van der Waals surface area contributed by atoms with Crippen molar-refractivity contribution in [3.63, 3.8) is 0 Å². The molecule has 0 unspecified atom stereocenters. The number of nitrogens with one attached hydrogen (secondary N) is 1. The van der Waals surface area contributed by atoms with Gasteiger partial charge in [-0.05, 0) is 62.2 Å². The van der Waals surface area contributed by atoms with E-state index in [1.54, 1.807) is 32.1 Å². The average molecular weight is 435 g/mol. The smallest absolute Gasteiger partial charge is 0.349 e. The molecule has 32 heavy (non-hydrogen) atoms. The number of amides is 1. The van der Waals surface area contributed by atoms with Gasteiger partial charge in [-0.1, -0.05) is 19.1 Å². The number of esters is 1. The first-order valence-corrected chi connectivity index (χ1v) is 10.4. The minimum absolute atomic E-state index is 0.0787. The fourth-order valence-electron chi connectivity index (χ4n) is 2.86. The fourth-order valence-corrected chi connectivity index (χ4v) is 2.86. The molecule has 3 aromatic rings. The zero-order valence-corrected chi connectivity index (χ0v) is 18.2. The summed E-state index contributed by atoms with van der Waals surface area (Å²) in [5, 5.41) is 3.20. The third-order valence-corrected chi connectivity index (χ3v) is 4.36. The predicted molar refractivity (Wildman–Crippen MR) is 122 cm³/mol. The molecule has 7 nitrogen and oxygen atoms in total. The molecule has 1 N–H and O–H groups in total. The maximum absolute atomic E-state index is 12.2. The third kappa shape index (κ3) is 6.07. The first kappa shape index (κ1) is 22.8. The lowest BCUT2D eigenvalue weighted by Crippen LogP contribution is -2.33. The Labute approximate surface area is 185 Å². The Balaban J connectivity index is 1.69. The molecule has 0 atom stereocenters. The van der Waals surface area contributed by atoms with Crippen molar-refractivity contribution in [3.8, 4) is 11.5 Å². The Kier molecular flexibility index (Phi) is 7.44. The summed E-state index contributed by atoms with van der Waals surface area (Å²) in [6.45, 7) is 6.29. The van der Waals surface area contributed by atoms with E-state index in [1.807, 2.05) is 31.2 Å². The summed E-state index contributed by atoms with van der Waals surface area (Å²) in [6.07, 6.45) is 3.87. The van der Waals surface area contributed by atoms with E-state index in [0.29, 0.717) is 12.0 Å². The Morgan fingerprint density at radius 1 is 1.06 bits per heavy atom. The second kappa shape index (κ2) is 10.4. The molecule has 1 aromatic heterocycles. The number of benzene rings is 2. The van der Waals surface area contributed by atoms with E-state index in [-0.39, 0.29) is 22.9 Å². The molecule has 0 radical (unpaired) electrons. The zero-order valence-electron chi connectivity index (χ0n) is 18.2. The molecule has 0 aliphatic heterocycles. The topological polar surface area (TPSA) is 94.8 Å². The molecule has 0 saturated heterocycles. The number of carbonyl (C=O) groups is 2. The molecule has 166 valence electrons. The first-order chi connectivity index (χ1) is 15.4. The number of fused-ring (bicyclic) bond motifs is 1. The van der Waals surface area contributed by atoms with Crippen LogP contribution < -0.4 is 20.4 Å². The molecule has 3 rings (SSSR count). The van der Waals surface area contributed by atoms with Crippen LogP contribution in [0.5, 0.6) is 11.5 Å². The van der Waals surface area contributed by atoms with Gasteiger partial charge in [-0.3, -0.25) is 4.79 Å². The second-order valence-electron chi connectivity index (χ2n) is 7.45. The van der Waals surface area contributed by atoms with Crippen molar-refractivity contribution >= 4 is 28.9 Å². The highest BCUT2D eigenvalue weighted by atomic mass is 16.5. The summed E-state index contributed by atoms with van der Waals surface area (Å²) in [5.41, 5.74) is 0.200. The Morgan fingerprint density at radius 2 is 1.78 bits per heavy atom. The molecular weight excluding hydrogens is 410 g/mol. The lowest BCUT2D eigenvalue weighted by molar-refractivity contribution is -0.128. The van der Waals surface area contributed by atoms with Gasteiger partial charge in [0.25, 0.3) is 5.91 Å². The number of carbonyl (C=O) groups excluding carboxylic acids is 2. The second-order valence-corrected chi connectivity index (χ2v) is 7.45. The molecule has 0 fully saturated rings. The molecule has 0 spiro atoms. The van der Waals surface area contributed by atoms with Gasteiger partial charge in [0, 0.05) is 23.6 Å².